The molecule has 3 heteroatoms. The zero-order chi connectivity index (χ0) is 12.2. The standard InChI is InChI=1S/C14H27NO2/c16-9-8-13(6-7-13)10-15-11-14(12-17)4-2-1-3-5-14/h15-17H,1-12H2. The van der Waals surface area contributed by atoms with E-state index in [1.165, 1.54) is 44.9 Å². The minimum absolute atomic E-state index is 0.146. The maximum Gasteiger partial charge on any atom is 0.0499 e. The second-order valence-corrected chi connectivity index (χ2v) is 6.30. The summed E-state index contributed by atoms with van der Waals surface area (Å²) in [5.41, 5.74) is 0.535. The Morgan fingerprint density at radius 2 is 1.47 bits per heavy atom. The first-order valence-corrected chi connectivity index (χ1v) is 7.17. The summed E-state index contributed by atoms with van der Waals surface area (Å²) in [6.45, 7) is 2.62. The molecule has 0 unspecified atom stereocenters. The fourth-order valence-electron chi connectivity index (χ4n) is 3.21. The largest absolute Gasteiger partial charge is 0.396 e. The second-order valence-electron chi connectivity index (χ2n) is 6.30. The first kappa shape index (κ1) is 13.3. The highest BCUT2D eigenvalue weighted by Gasteiger charge is 2.42. The summed E-state index contributed by atoms with van der Waals surface area (Å²) in [6.07, 6.45) is 9.66. The van der Waals surface area contributed by atoms with E-state index in [1.54, 1.807) is 0 Å². The van der Waals surface area contributed by atoms with Gasteiger partial charge in [-0.05, 0) is 37.5 Å². The minimum Gasteiger partial charge on any atom is -0.396 e. The molecule has 0 aromatic carbocycles. The molecule has 3 nitrogen and oxygen atoms in total. The van der Waals surface area contributed by atoms with Crippen molar-refractivity contribution in [3.8, 4) is 0 Å². The lowest BCUT2D eigenvalue weighted by Crippen LogP contribution is -2.41. The van der Waals surface area contributed by atoms with E-state index in [1.807, 2.05) is 0 Å². The van der Waals surface area contributed by atoms with Crippen molar-refractivity contribution in [1.82, 2.24) is 5.32 Å². The number of rotatable bonds is 7. The van der Waals surface area contributed by atoms with Gasteiger partial charge in [-0.3, -0.25) is 0 Å². The van der Waals surface area contributed by atoms with Gasteiger partial charge in [0.05, 0.1) is 0 Å². The van der Waals surface area contributed by atoms with Gasteiger partial charge in [0.25, 0.3) is 0 Å². The lowest BCUT2D eigenvalue weighted by molar-refractivity contribution is 0.0794. The lowest BCUT2D eigenvalue weighted by Gasteiger charge is -2.36. The molecule has 0 atom stereocenters. The monoisotopic (exact) mass is 241 g/mol. The van der Waals surface area contributed by atoms with Crippen molar-refractivity contribution >= 4 is 0 Å². The Bertz CT molecular complexity index is 232. The smallest absolute Gasteiger partial charge is 0.0499 e. The topological polar surface area (TPSA) is 52.5 Å². The molecule has 0 bridgehead atoms. The van der Waals surface area contributed by atoms with Gasteiger partial charge in [-0.2, -0.15) is 0 Å². The minimum atomic E-state index is 0.146. The predicted octanol–water partition coefficient (Wildman–Crippen LogP) is 1.68. The Labute approximate surface area is 105 Å². The number of hydrogen-bond acceptors (Lipinski definition) is 3. The molecule has 0 aliphatic heterocycles. The quantitative estimate of drug-likeness (QED) is 0.635. The molecule has 0 heterocycles. The summed E-state index contributed by atoms with van der Waals surface area (Å²) >= 11 is 0. The molecule has 0 amide bonds. The maximum atomic E-state index is 9.61. The maximum absolute atomic E-state index is 9.61. The van der Waals surface area contributed by atoms with Gasteiger partial charge in [-0.25, -0.2) is 0 Å². The summed E-state index contributed by atoms with van der Waals surface area (Å²) in [6, 6.07) is 0. The molecule has 2 fully saturated rings. The molecule has 0 saturated heterocycles. The van der Waals surface area contributed by atoms with Crippen LogP contribution in [0, 0.1) is 10.8 Å². The Morgan fingerprint density at radius 3 is 2.00 bits per heavy atom. The van der Waals surface area contributed by atoms with Gasteiger partial charge in [0.15, 0.2) is 0 Å². The number of hydrogen-bond donors (Lipinski definition) is 3. The summed E-state index contributed by atoms with van der Waals surface area (Å²) in [5.74, 6) is 0. The van der Waals surface area contributed by atoms with Gasteiger partial charge < -0.3 is 15.5 Å². The number of aliphatic hydroxyl groups excluding tert-OH is 2. The molecule has 2 rings (SSSR count). The van der Waals surface area contributed by atoms with Crippen molar-refractivity contribution in [2.75, 3.05) is 26.3 Å². The molecule has 2 saturated carbocycles. The third-order valence-electron chi connectivity index (χ3n) is 4.85. The SMILES string of the molecule is OCCC1(CNCC2(CO)CCCCC2)CC1. The van der Waals surface area contributed by atoms with Crippen LogP contribution in [0.2, 0.25) is 0 Å². The van der Waals surface area contributed by atoms with Crippen LogP contribution >= 0.6 is 0 Å². The van der Waals surface area contributed by atoms with E-state index >= 15 is 0 Å². The lowest BCUT2D eigenvalue weighted by atomic mass is 9.74. The van der Waals surface area contributed by atoms with Crippen LogP contribution in [0.3, 0.4) is 0 Å². The highest BCUT2D eigenvalue weighted by molar-refractivity contribution is 4.95. The van der Waals surface area contributed by atoms with E-state index in [4.69, 9.17) is 5.11 Å². The average molecular weight is 241 g/mol. The summed E-state index contributed by atoms with van der Waals surface area (Å²) in [4.78, 5) is 0. The highest BCUT2D eigenvalue weighted by atomic mass is 16.3. The van der Waals surface area contributed by atoms with Gasteiger partial charge in [0.1, 0.15) is 0 Å². The summed E-state index contributed by atoms with van der Waals surface area (Å²) in [5, 5.41) is 22.2. The Balaban J connectivity index is 1.72. The van der Waals surface area contributed by atoms with Crippen LogP contribution in [0.15, 0.2) is 0 Å². The zero-order valence-corrected chi connectivity index (χ0v) is 10.9. The molecule has 3 N–H and O–H groups in total. The van der Waals surface area contributed by atoms with Gasteiger partial charge in [0.2, 0.25) is 0 Å². The fourth-order valence-corrected chi connectivity index (χ4v) is 3.21. The second kappa shape index (κ2) is 5.68. The molecule has 100 valence electrons. The first-order chi connectivity index (χ1) is 8.24. The molecule has 2 aliphatic carbocycles. The van der Waals surface area contributed by atoms with Crippen LogP contribution in [-0.2, 0) is 0 Å². The van der Waals surface area contributed by atoms with E-state index in [2.05, 4.69) is 5.32 Å². The van der Waals surface area contributed by atoms with Crippen molar-refractivity contribution in [1.29, 1.82) is 0 Å². The molecule has 0 radical (unpaired) electrons. The van der Waals surface area contributed by atoms with E-state index in [0.717, 1.165) is 19.5 Å². The molecule has 2 aliphatic rings. The first-order valence-electron chi connectivity index (χ1n) is 7.17. The Hall–Kier alpha value is -0.120. The van der Waals surface area contributed by atoms with Crippen LogP contribution in [0.25, 0.3) is 0 Å². The zero-order valence-electron chi connectivity index (χ0n) is 10.9. The van der Waals surface area contributed by atoms with Crippen molar-refractivity contribution in [2.24, 2.45) is 10.8 Å². The van der Waals surface area contributed by atoms with Gasteiger partial charge in [0, 0.05) is 31.7 Å². The molecule has 17 heavy (non-hydrogen) atoms. The van der Waals surface area contributed by atoms with E-state index in [9.17, 15) is 5.11 Å². The third-order valence-corrected chi connectivity index (χ3v) is 4.85. The average Bonchev–Trinajstić information content (AvgIpc) is 3.11. The molecule has 0 aromatic heterocycles. The number of aliphatic hydroxyl groups is 2. The van der Waals surface area contributed by atoms with Crippen LogP contribution in [-0.4, -0.2) is 36.5 Å². The van der Waals surface area contributed by atoms with Crippen molar-refractivity contribution in [3.63, 3.8) is 0 Å². The Kier molecular flexibility index (Phi) is 4.45. The van der Waals surface area contributed by atoms with Crippen LogP contribution in [0.1, 0.15) is 51.4 Å². The normalized spacial score (nSPS) is 25.8. The Morgan fingerprint density at radius 1 is 0.824 bits per heavy atom. The van der Waals surface area contributed by atoms with Crippen LogP contribution in [0.5, 0.6) is 0 Å². The third kappa shape index (κ3) is 3.43. The molecular formula is C14H27NO2. The van der Waals surface area contributed by atoms with Gasteiger partial charge in [-0.15, -0.1) is 0 Å². The van der Waals surface area contributed by atoms with Crippen molar-refractivity contribution in [3.05, 3.63) is 0 Å². The van der Waals surface area contributed by atoms with E-state index in [0.29, 0.717) is 18.6 Å². The van der Waals surface area contributed by atoms with Crippen LogP contribution in [0.4, 0.5) is 0 Å². The van der Waals surface area contributed by atoms with E-state index < -0.39 is 0 Å². The van der Waals surface area contributed by atoms with Gasteiger partial charge in [-0.1, -0.05) is 19.3 Å². The van der Waals surface area contributed by atoms with Crippen molar-refractivity contribution in [2.45, 2.75) is 51.4 Å². The summed E-state index contributed by atoms with van der Waals surface area (Å²) < 4.78 is 0. The molecular weight excluding hydrogens is 214 g/mol. The number of nitrogens with one attached hydrogen (secondary N) is 1. The highest BCUT2D eigenvalue weighted by Crippen LogP contribution is 2.48. The van der Waals surface area contributed by atoms with Crippen LogP contribution < -0.4 is 5.32 Å². The van der Waals surface area contributed by atoms with Gasteiger partial charge >= 0.3 is 0 Å². The molecule has 0 spiro atoms. The predicted molar refractivity (Wildman–Crippen MR) is 68.8 cm³/mol. The van der Waals surface area contributed by atoms with Crippen molar-refractivity contribution < 1.29 is 10.2 Å². The van der Waals surface area contributed by atoms with E-state index in [-0.39, 0.29) is 5.41 Å². The summed E-state index contributed by atoms with van der Waals surface area (Å²) in [7, 11) is 0. The molecule has 0 aromatic rings. The fraction of sp³-hybridized carbons (Fsp3) is 1.00.